The van der Waals surface area contributed by atoms with E-state index < -0.39 is 11.2 Å². The van der Waals surface area contributed by atoms with Crippen molar-refractivity contribution >= 4 is 11.2 Å². The van der Waals surface area contributed by atoms with Gasteiger partial charge in [-0.2, -0.15) is 0 Å². The molecule has 5 heteroatoms. The predicted molar refractivity (Wildman–Crippen MR) is 174 cm³/mol. The van der Waals surface area contributed by atoms with Crippen LogP contribution < -0.4 is 5.32 Å². The van der Waals surface area contributed by atoms with E-state index in [1.165, 1.54) is 77.0 Å². The van der Waals surface area contributed by atoms with Gasteiger partial charge >= 0.3 is 0 Å². The minimum Gasteiger partial charge on any atom is -0.616 e. The fourth-order valence-electron chi connectivity index (χ4n) is 13.3. The van der Waals surface area contributed by atoms with Crippen LogP contribution in [-0.2, 0) is 11.2 Å². The molecule has 238 valence electrons. The Kier molecular flexibility index (Phi) is 8.67. The number of fused-ring (bicyclic) bond motifs is 7. The summed E-state index contributed by atoms with van der Waals surface area (Å²) in [5, 5.41) is 4.23. The molecule has 5 saturated carbocycles. The second-order valence-corrected chi connectivity index (χ2v) is 18.6. The number of nitrogens with zero attached hydrogens (tertiary/aromatic N) is 1. The van der Waals surface area contributed by atoms with Crippen LogP contribution in [0.5, 0.6) is 0 Å². The summed E-state index contributed by atoms with van der Waals surface area (Å²) in [6.07, 6.45) is 21.6. The lowest BCUT2D eigenvalue weighted by atomic mass is 9.38. The fraction of sp³-hybridized carbons (Fsp3) is 0.946. The first-order chi connectivity index (χ1) is 20.3. The van der Waals surface area contributed by atoms with E-state index in [-0.39, 0.29) is 6.67 Å². The van der Waals surface area contributed by atoms with Crippen molar-refractivity contribution in [3.8, 4) is 0 Å². The van der Waals surface area contributed by atoms with E-state index >= 15 is 0 Å². The van der Waals surface area contributed by atoms with Gasteiger partial charge in [-0.1, -0.05) is 50.0 Å². The molecule has 1 aliphatic heterocycles. The van der Waals surface area contributed by atoms with Gasteiger partial charge in [0.2, 0.25) is 0 Å². The van der Waals surface area contributed by atoms with Crippen molar-refractivity contribution in [1.29, 1.82) is 0 Å². The fourth-order valence-corrected chi connectivity index (χ4v) is 14.5. The predicted octanol–water partition coefficient (Wildman–Crippen LogP) is 7.78. The highest BCUT2D eigenvalue weighted by atomic mass is 32.2. The number of hydrogen-bond acceptors (Lipinski definition) is 3. The molecule has 42 heavy (non-hydrogen) atoms. The van der Waals surface area contributed by atoms with Crippen LogP contribution in [-0.4, -0.2) is 59.4 Å². The van der Waals surface area contributed by atoms with Gasteiger partial charge in [-0.05, 0) is 142 Å². The van der Waals surface area contributed by atoms with Gasteiger partial charge in [-0.15, -0.1) is 0 Å². The Morgan fingerprint density at radius 2 is 1.67 bits per heavy atom. The zero-order valence-electron chi connectivity index (χ0n) is 27.2. The molecule has 7 aliphatic rings. The number of halogens is 1. The molecule has 1 heterocycles. The first-order valence-corrected chi connectivity index (χ1v) is 19.8. The third kappa shape index (κ3) is 5.09. The van der Waals surface area contributed by atoms with Crippen molar-refractivity contribution in [2.24, 2.45) is 58.2 Å². The molecular formula is C37H61FN2OS. The van der Waals surface area contributed by atoms with Gasteiger partial charge in [-0.25, -0.2) is 0 Å². The second kappa shape index (κ2) is 11.9. The number of rotatable bonds is 6. The first kappa shape index (κ1) is 30.5. The van der Waals surface area contributed by atoms with Gasteiger partial charge in [0.05, 0.1) is 6.67 Å². The monoisotopic (exact) mass is 600 g/mol. The Morgan fingerprint density at radius 1 is 0.905 bits per heavy atom. The minimum absolute atomic E-state index is 0.106. The van der Waals surface area contributed by atoms with Crippen molar-refractivity contribution in [2.45, 2.75) is 116 Å². The standard InChI is InChI=1S/C37H61FN2OS/c1-26-29(28-8-6-27(25-38)7-9-28)12-16-35(2)31(26)13-17-36(3)32-14-18-37(39-19-20-40-21-23-42(41)24-22-40)15-4-5-33(37)30(32)10-11-34(35)36/h12,26-28,30-34,39H,4-11,13-25H2,1-3H3. The Morgan fingerprint density at radius 3 is 2.43 bits per heavy atom. The van der Waals surface area contributed by atoms with Crippen molar-refractivity contribution in [3.63, 3.8) is 0 Å². The molecule has 9 atom stereocenters. The summed E-state index contributed by atoms with van der Waals surface area (Å²) in [5.41, 5.74) is 3.14. The second-order valence-electron chi connectivity index (χ2n) is 16.9. The van der Waals surface area contributed by atoms with Gasteiger partial charge in [-0.3, -0.25) is 9.29 Å². The minimum atomic E-state index is -0.578. The number of hydrogen-bond donors (Lipinski definition) is 1. The summed E-state index contributed by atoms with van der Waals surface area (Å²) in [6.45, 7) is 12.3. The molecule has 9 unspecified atom stereocenters. The van der Waals surface area contributed by atoms with Crippen molar-refractivity contribution < 1.29 is 8.94 Å². The highest BCUT2D eigenvalue weighted by Gasteiger charge is 2.64. The van der Waals surface area contributed by atoms with E-state index in [9.17, 15) is 8.94 Å². The summed E-state index contributed by atoms with van der Waals surface area (Å²) < 4.78 is 25.1. The maximum Gasteiger partial charge on any atom is 0.118 e. The SMILES string of the molecule is CC1C(C2CCC(CF)CC2)=CCC2(C)C1CCC1(C)C3CCC4(NCCN5CC[S+]([O-])CC5)CCCC4C3CCC21. The molecule has 6 fully saturated rings. The first-order valence-electron chi connectivity index (χ1n) is 18.4. The molecule has 1 N–H and O–H groups in total. The molecule has 0 spiro atoms. The molecule has 0 amide bonds. The van der Waals surface area contributed by atoms with Crippen LogP contribution in [0.25, 0.3) is 0 Å². The lowest BCUT2D eigenvalue weighted by molar-refractivity contribution is -0.167. The summed E-state index contributed by atoms with van der Waals surface area (Å²) in [4.78, 5) is 2.55. The van der Waals surface area contributed by atoms with Crippen LogP contribution in [0.4, 0.5) is 4.39 Å². The average Bonchev–Trinajstić information content (AvgIpc) is 3.43. The molecule has 3 nitrogen and oxygen atoms in total. The molecule has 0 bridgehead atoms. The number of alkyl halides is 1. The highest BCUT2D eigenvalue weighted by molar-refractivity contribution is 7.91. The molecule has 0 aromatic heterocycles. The van der Waals surface area contributed by atoms with Crippen LogP contribution in [0.3, 0.4) is 0 Å². The van der Waals surface area contributed by atoms with Crippen LogP contribution in [0.15, 0.2) is 11.6 Å². The maximum absolute atomic E-state index is 13.3. The topological polar surface area (TPSA) is 38.3 Å². The summed E-state index contributed by atoms with van der Waals surface area (Å²) in [6, 6.07) is 0. The van der Waals surface area contributed by atoms with Gasteiger partial charge in [0, 0.05) is 31.7 Å². The largest absolute Gasteiger partial charge is 0.616 e. The molecule has 0 aromatic rings. The summed E-state index contributed by atoms with van der Waals surface area (Å²) in [5.74, 6) is 7.96. The zero-order valence-corrected chi connectivity index (χ0v) is 28.0. The summed E-state index contributed by atoms with van der Waals surface area (Å²) >= 11 is -0.578. The molecular weight excluding hydrogens is 539 g/mol. The lowest BCUT2D eigenvalue weighted by Crippen LogP contribution is -2.63. The van der Waals surface area contributed by atoms with E-state index in [0.29, 0.717) is 22.3 Å². The van der Waals surface area contributed by atoms with Crippen LogP contribution in [0, 0.1) is 58.2 Å². The van der Waals surface area contributed by atoms with E-state index in [2.05, 4.69) is 37.1 Å². The molecule has 0 aromatic carbocycles. The van der Waals surface area contributed by atoms with Crippen molar-refractivity contribution in [2.75, 3.05) is 44.4 Å². The van der Waals surface area contributed by atoms with E-state index in [4.69, 9.17) is 0 Å². The van der Waals surface area contributed by atoms with Gasteiger partial charge in [0.1, 0.15) is 11.5 Å². The molecule has 0 radical (unpaired) electrons. The number of nitrogens with one attached hydrogen (secondary N) is 1. The Hall–Kier alpha value is -0.100. The Labute approximate surface area is 260 Å². The Balaban J connectivity index is 1.03. The maximum atomic E-state index is 13.3. The lowest BCUT2D eigenvalue weighted by Gasteiger charge is -2.67. The summed E-state index contributed by atoms with van der Waals surface area (Å²) in [7, 11) is 0. The zero-order chi connectivity index (χ0) is 29.1. The third-order valence-corrected chi connectivity index (χ3v) is 16.7. The van der Waals surface area contributed by atoms with Crippen molar-refractivity contribution in [1.82, 2.24) is 10.2 Å². The van der Waals surface area contributed by atoms with Crippen LogP contribution in [0.1, 0.15) is 111 Å². The van der Waals surface area contributed by atoms with Gasteiger partial charge < -0.3 is 9.87 Å². The van der Waals surface area contributed by atoms with Crippen LogP contribution in [0.2, 0.25) is 0 Å². The normalized spacial score (nSPS) is 49.9. The van der Waals surface area contributed by atoms with Gasteiger partial charge in [0.25, 0.3) is 0 Å². The molecule has 6 aliphatic carbocycles. The van der Waals surface area contributed by atoms with E-state index in [0.717, 1.165) is 92.0 Å². The van der Waals surface area contributed by atoms with Crippen molar-refractivity contribution in [3.05, 3.63) is 11.6 Å². The van der Waals surface area contributed by atoms with Gasteiger partial charge in [0.15, 0.2) is 0 Å². The molecule has 1 saturated heterocycles. The smallest absolute Gasteiger partial charge is 0.118 e. The third-order valence-electron chi connectivity index (χ3n) is 15.5. The highest BCUT2D eigenvalue weighted by Crippen LogP contribution is 2.70. The molecule has 7 rings (SSSR count). The van der Waals surface area contributed by atoms with E-state index in [1.54, 1.807) is 5.57 Å². The quantitative estimate of drug-likeness (QED) is 0.250. The van der Waals surface area contributed by atoms with E-state index in [1.807, 2.05) is 0 Å². The average molecular weight is 601 g/mol. The van der Waals surface area contributed by atoms with Crippen LogP contribution >= 0.6 is 0 Å². The Bertz CT molecular complexity index is 990. The number of allylic oxidation sites excluding steroid dienone is 2.